The summed E-state index contributed by atoms with van der Waals surface area (Å²) in [5, 5.41) is 4.61. The molecule has 4 rings (SSSR count). The summed E-state index contributed by atoms with van der Waals surface area (Å²) in [4.78, 5) is 0. The van der Waals surface area contributed by atoms with Crippen molar-refractivity contribution in [3.63, 3.8) is 0 Å². The molecule has 0 aromatic heterocycles. The van der Waals surface area contributed by atoms with E-state index in [1.807, 2.05) is 0 Å². The number of hydrogen-bond acceptors (Lipinski definition) is 0. The Kier molecular flexibility index (Phi) is 5.93. The smallest absolute Gasteiger partial charge is 0.0663 e. The molecule has 0 saturated carbocycles. The zero-order chi connectivity index (χ0) is 20.1. The fourth-order valence-electron chi connectivity index (χ4n) is 4.61. The molecule has 1 atom stereocenters. The van der Waals surface area contributed by atoms with Crippen LogP contribution in [-0.2, 0) is 4.66 Å². The Balaban J connectivity index is 1.93. The van der Waals surface area contributed by atoms with Gasteiger partial charge in [0.15, 0.2) is 0 Å². The predicted octanol–water partition coefficient (Wildman–Crippen LogP) is 3.29. The lowest BCUT2D eigenvalue weighted by Crippen LogP contribution is -2.61. The first kappa shape index (κ1) is 19.6. The summed E-state index contributed by atoms with van der Waals surface area (Å²) in [6, 6.07) is 43.0. The van der Waals surface area contributed by atoms with Crippen molar-refractivity contribution in [1.82, 2.24) is 0 Å². The molecule has 29 heavy (non-hydrogen) atoms. The van der Waals surface area contributed by atoms with Gasteiger partial charge in [0, 0.05) is 0 Å². The SMILES string of the molecule is Cc1cccc(C(C)([SiH2]c2ccccc2)[SiH](c2ccccc2)c2ccccc2)c1. The summed E-state index contributed by atoms with van der Waals surface area (Å²) in [6.45, 7) is 4.77. The van der Waals surface area contributed by atoms with Gasteiger partial charge in [-0.1, -0.05) is 143 Å². The molecule has 0 aliphatic carbocycles. The molecule has 0 radical (unpaired) electrons. The molecule has 0 amide bonds. The second kappa shape index (κ2) is 8.77. The highest BCUT2D eigenvalue weighted by atomic mass is 28.3. The minimum atomic E-state index is -1.54. The van der Waals surface area contributed by atoms with E-state index >= 15 is 0 Å². The Morgan fingerprint density at radius 2 is 1.14 bits per heavy atom. The van der Waals surface area contributed by atoms with Crippen LogP contribution in [-0.4, -0.2) is 18.3 Å². The van der Waals surface area contributed by atoms with Crippen molar-refractivity contribution in [3.8, 4) is 0 Å². The largest absolute Gasteiger partial charge is 0.110 e. The van der Waals surface area contributed by atoms with E-state index in [0.717, 1.165) is 0 Å². The molecule has 0 N–H and O–H groups in total. The minimum absolute atomic E-state index is 0.191. The highest BCUT2D eigenvalue weighted by Gasteiger charge is 2.39. The van der Waals surface area contributed by atoms with Gasteiger partial charge in [0.25, 0.3) is 0 Å². The average molecular weight is 409 g/mol. The first-order valence-electron chi connectivity index (χ1n) is 10.4. The maximum atomic E-state index is 2.55. The van der Waals surface area contributed by atoms with E-state index in [1.54, 1.807) is 5.19 Å². The maximum absolute atomic E-state index is 2.55. The Labute approximate surface area is 178 Å². The van der Waals surface area contributed by atoms with Crippen LogP contribution >= 0.6 is 0 Å². The maximum Gasteiger partial charge on any atom is 0.110 e. The predicted molar refractivity (Wildman–Crippen MR) is 132 cm³/mol. The second-order valence-electron chi connectivity index (χ2n) is 8.20. The Bertz CT molecular complexity index is 1010. The molecule has 0 fully saturated rings. The van der Waals surface area contributed by atoms with E-state index in [4.69, 9.17) is 0 Å². The molecular weight excluding hydrogens is 380 g/mol. The molecule has 1 unspecified atom stereocenters. The van der Waals surface area contributed by atoms with E-state index in [-0.39, 0.29) is 4.66 Å². The van der Waals surface area contributed by atoms with Crippen molar-refractivity contribution in [2.75, 3.05) is 0 Å². The molecule has 144 valence electrons. The van der Waals surface area contributed by atoms with Crippen LogP contribution in [0.1, 0.15) is 18.1 Å². The summed E-state index contributed by atoms with van der Waals surface area (Å²) in [5.41, 5.74) is 2.86. The second-order valence-corrected chi connectivity index (χ2v) is 15.1. The van der Waals surface area contributed by atoms with Crippen molar-refractivity contribution < 1.29 is 0 Å². The van der Waals surface area contributed by atoms with Crippen LogP contribution in [0, 0.1) is 6.92 Å². The van der Waals surface area contributed by atoms with E-state index in [1.165, 1.54) is 21.5 Å². The molecule has 4 aromatic carbocycles. The molecule has 0 aliphatic rings. The zero-order valence-corrected chi connectivity index (χ0v) is 19.8. The van der Waals surface area contributed by atoms with Gasteiger partial charge in [-0.25, -0.2) is 0 Å². The number of aryl methyl sites for hydroxylation is 1. The first-order valence-corrected chi connectivity index (χ1v) is 13.5. The van der Waals surface area contributed by atoms with Crippen molar-refractivity contribution >= 4 is 33.9 Å². The third kappa shape index (κ3) is 4.34. The van der Waals surface area contributed by atoms with Gasteiger partial charge in [-0.15, -0.1) is 0 Å². The van der Waals surface area contributed by atoms with E-state index < -0.39 is 18.3 Å². The third-order valence-electron chi connectivity index (χ3n) is 5.99. The summed E-state index contributed by atoms with van der Waals surface area (Å²) in [5.74, 6) is 0. The molecule has 0 bridgehead atoms. The standard InChI is InChI=1S/C27H28Si2/c1-22-13-12-14-23(21-22)27(2,28-24-15-6-3-7-16-24)29(25-17-8-4-9-18-25)26-19-10-5-11-20-26/h3-21,29H,28H2,1-2H3. The van der Waals surface area contributed by atoms with Crippen LogP contribution in [0.5, 0.6) is 0 Å². The van der Waals surface area contributed by atoms with Crippen molar-refractivity contribution in [3.05, 3.63) is 126 Å². The zero-order valence-electron chi connectivity index (χ0n) is 17.3. The molecular formula is C27H28Si2. The fraction of sp³-hybridized carbons (Fsp3) is 0.111. The van der Waals surface area contributed by atoms with E-state index in [0.29, 0.717) is 0 Å². The number of benzene rings is 4. The molecule has 0 spiro atoms. The van der Waals surface area contributed by atoms with Gasteiger partial charge in [-0.05, 0) is 17.1 Å². The van der Waals surface area contributed by atoms with E-state index in [9.17, 15) is 0 Å². The fourth-order valence-corrected chi connectivity index (χ4v) is 12.9. The van der Waals surface area contributed by atoms with Crippen molar-refractivity contribution in [2.24, 2.45) is 0 Å². The molecule has 0 nitrogen and oxygen atoms in total. The molecule has 4 aromatic rings. The lowest BCUT2D eigenvalue weighted by molar-refractivity contribution is 0.937. The highest BCUT2D eigenvalue weighted by Crippen LogP contribution is 2.27. The number of hydrogen-bond donors (Lipinski definition) is 0. The average Bonchev–Trinajstić information content (AvgIpc) is 2.76. The molecule has 0 aliphatic heterocycles. The van der Waals surface area contributed by atoms with Gasteiger partial charge in [-0.2, -0.15) is 0 Å². The van der Waals surface area contributed by atoms with Crippen LogP contribution in [0.4, 0.5) is 0 Å². The Morgan fingerprint density at radius 3 is 1.66 bits per heavy atom. The summed E-state index contributed by atoms with van der Waals surface area (Å²) in [7, 11) is -2.12. The van der Waals surface area contributed by atoms with Gasteiger partial charge >= 0.3 is 0 Å². The van der Waals surface area contributed by atoms with Crippen LogP contribution in [0.25, 0.3) is 0 Å². The van der Waals surface area contributed by atoms with Crippen LogP contribution < -0.4 is 15.6 Å². The number of rotatable bonds is 6. The molecule has 0 saturated heterocycles. The summed E-state index contributed by atoms with van der Waals surface area (Å²) >= 11 is 0. The van der Waals surface area contributed by atoms with Gasteiger partial charge in [-0.3, -0.25) is 0 Å². The minimum Gasteiger partial charge on any atom is -0.0663 e. The van der Waals surface area contributed by atoms with Crippen LogP contribution in [0.3, 0.4) is 0 Å². The first-order chi connectivity index (χ1) is 14.2. The Morgan fingerprint density at radius 1 is 0.621 bits per heavy atom. The molecule has 2 heteroatoms. The van der Waals surface area contributed by atoms with Gasteiger partial charge < -0.3 is 0 Å². The summed E-state index contributed by atoms with van der Waals surface area (Å²) in [6.07, 6.45) is 0. The highest BCUT2D eigenvalue weighted by molar-refractivity contribution is 6.95. The monoisotopic (exact) mass is 408 g/mol. The van der Waals surface area contributed by atoms with Gasteiger partial charge in [0.05, 0.1) is 9.52 Å². The van der Waals surface area contributed by atoms with Crippen molar-refractivity contribution in [2.45, 2.75) is 18.5 Å². The van der Waals surface area contributed by atoms with Crippen LogP contribution in [0.2, 0.25) is 0 Å². The normalized spacial score (nSPS) is 13.6. The molecule has 0 heterocycles. The van der Waals surface area contributed by atoms with Gasteiger partial charge in [0.2, 0.25) is 0 Å². The van der Waals surface area contributed by atoms with Crippen LogP contribution in [0.15, 0.2) is 115 Å². The van der Waals surface area contributed by atoms with E-state index in [2.05, 4.69) is 129 Å². The third-order valence-corrected chi connectivity index (χ3v) is 13.6. The van der Waals surface area contributed by atoms with Gasteiger partial charge in [0.1, 0.15) is 8.80 Å². The topological polar surface area (TPSA) is 0 Å². The Hall–Kier alpha value is -2.69. The quantitative estimate of drug-likeness (QED) is 0.430. The van der Waals surface area contributed by atoms with Crippen molar-refractivity contribution in [1.29, 1.82) is 0 Å². The summed E-state index contributed by atoms with van der Waals surface area (Å²) < 4.78 is 0.191. The lowest BCUT2D eigenvalue weighted by atomic mass is 10.1. The lowest BCUT2D eigenvalue weighted by Gasteiger charge is -2.38.